The van der Waals surface area contributed by atoms with Crippen molar-refractivity contribution in [1.82, 2.24) is 14.7 Å². The summed E-state index contributed by atoms with van der Waals surface area (Å²) in [7, 11) is 1.75. The summed E-state index contributed by atoms with van der Waals surface area (Å²) in [5.74, 6) is 0.960. The number of aryl methyl sites for hydroxylation is 1. The van der Waals surface area contributed by atoms with Crippen molar-refractivity contribution in [3.05, 3.63) is 11.9 Å². The van der Waals surface area contributed by atoms with Crippen molar-refractivity contribution in [3.8, 4) is 0 Å². The first kappa shape index (κ1) is 13.3. The van der Waals surface area contributed by atoms with E-state index in [4.69, 9.17) is 5.73 Å². The second-order valence-corrected chi connectivity index (χ2v) is 7.02. The lowest BCUT2D eigenvalue weighted by Gasteiger charge is -2.22. The first-order valence-electron chi connectivity index (χ1n) is 6.11. The van der Waals surface area contributed by atoms with E-state index in [1.807, 2.05) is 16.7 Å². The molecule has 2 heterocycles. The molecule has 0 spiro atoms. The van der Waals surface area contributed by atoms with Crippen LogP contribution in [0.15, 0.2) is 6.20 Å². The summed E-state index contributed by atoms with van der Waals surface area (Å²) in [6.45, 7) is 6.01. The van der Waals surface area contributed by atoms with Gasteiger partial charge in [0.1, 0.15) is 5.69 Å². The van der Waals surface area contributed by atoms with E-state index in [-0.39, 0.29) is 10.7 Å². The molecule has 5 nitrogen and oxygen atoms in total. The number of hydrogen-bond donors (Lipinski definition) is 1. The van der Waals surface area contributed by atoms with E-state index in [1.165, 1.54) is 6.20 Å². The van der Waals surface area contributed by atoms with E-state index in [2.05, 4.69) is 18.9 Å². The van der Waals surface area contributed by atoms with Gasteiger partial charge in [0.2, 0.25) is 0 Å². The van der Waals surface area contributed by atoms with Crippen LogP contribution in [-0.4, -0.2) is 44.2 Å². The highest BCUT2D eigenvalue weighted by molar-refractivity contribution is 8.00. The first-order valence-corrected chi connectivity index (χ1v) is 7.10. The molecule has 1 fully saturated rings. The summed E-state index contributed by atoms with van der Waals surface area (Å²) >= 11 is 1.92. The van der Waals surface area contributed by atoms with Gasteiger partial charge in [0.05, 0.1) is 11.9 Å². The summed E-state index contributed by atoms with van der Waals surface area (Å²) in [6, 6.07) is 0. The fraction of sp³-hybridized carbons (Fsp3) is 0.667. The zero-order valence-corrected chi connectivity index (χ0v) is 12.0. The van der Waals surface area contributed by atoms with Gasteiger partial charge in [-0.3, -0.25) is 9.48 Å². The fourth-order valence-corrected chi connectivity index (χ4v) is 3.19. The number of thioether (sulfide) groups is 1. The molecule has 6 heteroatoms. The van der Waals surface area contributed by atoms with Gasteiger partial charge in [-0.25, -0.2) is 0 Å². The quantitative estimate of drug-likeness (QED) is 0.835. The molecule has 18 heavy (non-hydrogen) atoms. The van der Waals surface area contributed by atoms with Gasteiger partial charge in [0, 0.05) is 30.6 Å². The van der Waals surface area contributed by atoms with Gasteiger partial charge >= 0.3 is 0 Å². The Morgan fingerprint density at radius 1 is 1.50 bits per heavy atom. The average molecular weight is 268 g/mol. The number of aromatic nitrogens is 2. The Kier molecular flexibility index (Phi) is 3.56. The van der Waals surface area contributed by atoms with E-state index >= 15 is 0 Å². The van der Waals surface area contributed by atoms with Crippen LogP contribution in [-0.2, 0) is 7.05 Å². The van der Waals surface area contributed by atoms with Crippen LogP contribution in [0.25, 0.3) is 0 Å². The van der Waals surface area contributed by atoms with Gasteiger partial charge in [-0.05, 0) is 6.42 Å². The molecule has 1 aliphatic heterocycles. The molecule has 0 atom stereocenters. The molecule has 1 saturated heterocycles. The van der Waals surface area contributed by atoms with Crippen molar-refractivity contribution in [3.63, 3.8) is 0 Å². The molecule has 0 radical (unpaired) electrons. The van der Waals surface area contributed by atoms with Crippen molar-refractivity contribution in [1.29, 1.82) is 0 Å². The van der Waals surface area contributed by atoms with Crippen molar-refractivity contribution < 1.29 is 4.79 Å². The monoisotopic (exact) mass is 268 g/mol. The van der Waals surface area contributed by atoms with Crippen LogP contribution in [0.2, 0.25) is 0 Å². The Morgan fingerprint density at radius 3 is 2.83 bits per heavy atom. The molecule has 0 bridgehead atoms. The normalized spacial score (nSPS) is 19.6. The summed E-state index contributed by atoms with van der Waals surface area (Å²) < 4.78 is 1.80. The predicted molar refractivity (Wildman–Crippen MR) is 74.7 cm³/mol. The molecule has 1 aromatic rings. The second-order valence-electron chi connectivity index (χ2n) is 5.22. The fourth-order valence-electron chi connectivity index (χ4n) is 2.09. The van der Waals surface area contributed by atoms with Crippen molar-refractivity contribution in [2.45, 2.75) is 25.0 Å². The third-order valence-electron chi connectivity index (χ3n) is 3.29. The van der Waals surface area contributed by atoms with E-state index in [1.54, 1.807) is 11.7 Å². The number of amides is 1. The van der Waals surface area contributed by atoms with Crippen molar-refractivity contribution in [2.24, 2.45) is 7.05 Å². The number of rotatable bonds is 1. The number of hydrogen-bond acceptors (Lipinski definition) is 4. The van der Waals surface area contributed by atoms with Gasteiger partial charge in [0.25, 0.3) is 5.91 Å². The van der Waals surface area contributed by atoms with Crippen LogP contribution in [0.4, 0.5) is 5.69 Å². The minimum absolute atomic E-state index is 0.00852. The van der Waals surface area contributed by atoms with Crippen LogP contribution < -0.4 is 5.73 Å². The summed E-state index contributed by atoms with van der Waals surface area (Å²) in [5.41, 5.74) is 6.76. The Hall–Kier alpha value is -1.17. The van der Waals surface area contributed by atoms with Gasteiger partial charge in [-0.1, -0.05) is 13.8 Å². The Morgan fingerprint density at radius 2 is 2.22 bits per heavy atom. The lowest BCUT2D eigenvalue weighted by molar-refractivity contribution is 0.0754. The van der Waals surface area contributed by atoms with E-state index in [0.29, 0.717) is 11.4 Å². The maximum atomic E-state index is 12.4. The molecule has 1 aliphatic rings. The summed E-state index contributed by atoms with van der Waals surface area (Å²) in [4.78, 5) is 14.3. The third-order valence-corrected chi connectivity index (χ3v) is 4.67. The van der Waals surface area contributed by atoms with Crippen LogP contribution in [0, 0.1) is 0 Å². The molecule has 0 aromatic carbocycles. The third kappa shape index (κ3) is 2.63. The lowest BCUT2D eigenvalue weighted by Crippen LogP contribution is -2.35. The zero-order chi connectivity index (χ0) is 13.3. The first-order chi connectivity index (χ1) is 8.41. The Labute approximate surface area is 112 Å². The summed E-state index contributed by atoms with van der Waals surface area (Å²) in [5, 5.41) is 4.02. The molecular formula is C12H20N4OS. The minimum Gasteiger partial charge on any atom is -0.396 e. The van der Waals surface area contributed by atoms with Gasteiger partial charge < -0.3 is 10.6 Å². The van der Waals surface area contributed by atoms with E-state index in [0.717, 1.165) is 25.3 Å². The van der Waals surface area contributed by atoms with Gasteiger partial charge in [-0.15, -0.1) is 0 Å². The van der Waals surface area contributed by atoms with Gasteiger partial charge in [0.15, 0.2) is 0 Å². The number of nitrogens with two attached hydrogens (primary N) is 1. The lowest BCUT2D eigenvalue weighted by atomic mass is 10.1. The molecule has 2 rings (SSSR count). The number of anilines is 1. The number of nitrogens with zero attached hydrogens (tertiary/aromatic N) is 3. The Bertz CT molecular complexity index is 435. The predicted octanol–water partition coefficient (Wildman–Crippen LogP) is 1.36. The molecule has 0 saturated carbocycles. The topological polar surface area (TPSA) is 64.2 Å². The molecule has 100 valence electrons. The average Bonchev–Trinajstić information content (AvgIpc) is 2.51. The molecule has 1 aromatic heterocycles. The Balaban J connectivity index is 2.15. The minimum atomic E-state index is -0.00852. The highest BCUT2D eigenvalue weighted by Gasteiger charge is 2.28. The second kappa shape index (κ2) is 4.84. The molecule has 0 aliphatic carbocycles. The number of carbonyl (C=O) groups is 1. The molecule has 2 N–H and O–H groups in total. The standard InChI is InChI=1S/C12H20N4OS/c1-12(2)4-5-16(6-7-18-12)11(17)10-9(13)8-14-15(10)3/h8H,4-7,13H2,1-3H3. The van der Waals surface area contributed by atoms with Crippen molar-refractivity contribution in [2.75, 3.05) is 24.6 Å². The maximum absolute atomic E-state index is 12.4. The number of nitrogen functional groups attached to an aromatic ring is 1. The van der Waals surface area contributed by atoms with Crippen LogP contribution in [0.5, 0.6) is 0 Å². The van der Waals surface area contributed by atoms with Crippen molar-refractivity contribution >= 4 is 23.4 Å². The highest BCUT2D eigenvalue weighted by Crippen LogP contribution is 2.31. The molecule has 0 unspecified atom stereocenters. The van der Waals surface area contributed by atoms with Crippen LogP contribution in [0.1, 0.15) is 30.8 Å². The van der Waals surface area contributed by atoms with Crippen LogP contribution >= 0.6 is 11.8 Å². The summed E-state index contributed by atoms with van der Waals surface area (Å²) in [6.07, 6.45) is 2.53. The zero-order valence-electron chi connectivity index (χ0n) is 11.1. The SMILES string of the molecule is Cn1ncc(N)c1C(=O)N1CCSC(C)(C)CC1. The van der Waals surface area contributed by atoms with Crippen LogP contribution in [0.3, 0.4) is 0 Å². The van der Waals surface area contributed by atoms with E-state index in [9.17, 15) is 4.79 Å². The number of carbonyl (C=O) groups excluding carboxylic acids is 1. The smallest absolute Gasteiger partial charge is 0.274 e. The largest absolute Gasteiger partial charge is 0.396 e. The van der Waals surface area contributed by atoms with E-state index < -0.39 is 0 Å². The highest BCUT2D eigenvalue weighted by atomic mass is 32.2. The maximum Gasteiger partial charge on any atom is 0.274 e. The molecule has 1 amide bonds. The van der Waals surface area contributed by atoms with Gasteiger partial charge in [-0.2, -0.15) is 16.9 Å². The molecular weight excluding hydrogens is 248 g/mol.